The monoisotopic (exact) mass is 327 g/mol. The molecule has 122 valence electrons. The first-order valence-corrected chi connectivity index (χ1v) is 7.05. The van der Waals surface area contributed by atoms with Crippen molar-refractivity contribution in [1.82, 2.24) is 0 Å². The maximum Gasteiger partial charge on any atom is 0.269 e. The fourth-order valence-electron chi connectivity index (χ4n) is 2.54. The highest BCUT2D eigenvalue weighted by atomic mass is 16.6. The number of hydrogen-bond acceptors (Lipinski definition) is 6. The zero-order valence-electron chi connectivity index (χ0n) is 12.9. The highest BCUT2D eigenvalue weighted by Gasteiger charge is 2.34. The van der Waals surface area contributed by atoms with Crippen molar-refractivity contribution in [2.24, 2.45) is 0 Å². The van der Waals surface area contributed by atoms with Crippen molar-refractivity contribution in [3.05, 3.63) is 62.4 Å². The molecule has 0 saturated carbocycles. The number of carbonyl (C=O) groups excluding carboxylic acids is 1. The standard InChI is InChI=1S/C17H13NO6/c1-8-14(19)9(2)17-13(15(8)20)16(21)12(24-17)7-10-3-5-11(6-4-10)18(22)23/h3-7,19-20H,1-2H3. The number of aromatic hydroxyl groups is 2. The Morgan fingerprint density at radius 1 is 1.08 bits per heavy atom. The Bertz CT molecular complexity index is 912. The average molecular weight is 327 g/mol. The number of fused-ring (bicyclic) bond motifs is 1. The van der Waals surface area contributed by atoms with E-state index in [-0.39, 0.29) is 39.8 Å². The van der Waals surface area contributed by atoms with Gasteiger partial charge in [-0.25, -0.2) is 0 Å². The number of benzene rings is 2. The lowest BCUT2D eigenvalue weighted by atomic mass is 10.00. The van der Waals surface area contributed by atoms with Crippen LogP contribution in [0.15, 0.2) is 30.0 Å². The molecule has 3 rings (SSSR count). The molecule has 0 aliphatic carbocycles. The molecule has 0 saturated heterocycles. The number of ketones is 1. The van der Waals surface area contributed by atoms with E-state index in [9.17, 15) is 25.1 Å². The van der Waals surface area contributed by atoms with E-state index in [4.69, 9.17) is 4.74 Å². The Hall–Kier alpha value is -3.35. The fourth-order valence-corrected chi connectivity index (χ4v) is 2.54. The minimum Gasteiger partial charge on any atom is -0.507 e. The summed E-state index contributed by atoms with van der Waals surface area (Å²) in [7, 11) is 0. The maximum absolute atomic E-state index is 12.5. The number of rotatable bonds is 2. The summed E-state index contributed by atoms with van der Waals surface area (Å²) in [6.07, 6.45) is 1.43. The number of nitrogens with zero attached hydrogens (tertiary/aromatic N) is 1. The number of phenolic OH excluding ortho intramolecular Hbond substituents is 2. The van der Waals surface area contributed by atoms with E-state index >= 15 is 0 Å². The Kier molecular flexibility index (Phi) is 3.48. The van der Waals surface area contributed by atoms with Gasteiger partial charge in [0.2, 0.25) is 5.78 Å². The largest absolute Gasteiger partial charge is 0.507 e. The van der Waals surface area contributed by atoms with Crippen molar-refractivity contribution in [2.75, 3.05) is 0 Å². The number of non-ortho nitro benzene ring substituents is 1. The molecule has 1 aliphatic rings. The van der Waals surface area contributed by atoms with Crippen LogP contribution in [0.25, 0.3) is 6.08 Å². The van der Waals surface area contributed by atoms with E-state index in [1.165, 1.54) is 37.3 Å². The van der Waals surface area contributed by atoms with Crippen LogP contribution in [-0.4, -0.2) is 20.9 Å². The van der Waals surface area contributed by atoms with E-state index in [1.807, 2.05) is 0 Å². The molecule has 0 amide bonds. The van der Waals surface area contributed by atoms with Crippen LogP contribution in [0.3, 0.4) is 0 Å². The van der Waals surface area contributed by atoms with Gasteiger partial charge in [-0.1, -0.05) is 0 Å². The molecule has 0 spiro atoms. The third-order valence-electron chi connectivity index (χ3n) is 3.93. The second-order valence-corrected chi connectivity index (χ2v) is 5.44. The number of phenols is 2. The summed E-state index contributed by atoms with van der Waals surface area (Å²) in [5, 5.41) is 30.7. The summed E-state index contributed by atoms with van der Waals surface area (Å²) in [6.45, 7) is 3.09. The van der Waals surface area contributed by atoms with E-state index < -0.39 is 10.7 Å². The molecule has 0 unspecified atom stereocenters. The second-order valence-electron chi connectivity index (χ2n) is 5.44. The van der Waals surface area contributed by atoms with Crippen LogP contribution in [0.5, 0.6) is 17.2 Å². The second kappa shape index (κ2) is 5.38. The number of carbonyl (C=O) groups is 1. The van der Waals surface area contributed by atoms with Gasteiger partial charge < -0.3 is 14.9 Å². The predicted molar refractivity (Wildman–Crippen MR) is 85.3 cm³/mol. The summed E-state index contributed by atoms with van der Waals surface area (Å²) in [4.78, 5) is 22.6. The Morgan fingerprint density at radius 3 is 2.29 bits per heavy atom. The lowest BCUT2D eigenvalue weighted by molar-refractivity contribution is -0.384. The van der Waals surface area contributed by atoms with Crippen molar-refractivity contribution >= 4 is 17.5 Å². The van der Waals surface area contributed by atoms with Gasteiger partial charge in [0.15, 0.2) is 5.76 Å². The average Bonchev–Trinajstić information content (AvgIpc) is 2.88. The predicted octanol–water partition coefficient (Wildman–Crippen LogP) is 3.24. The first-order chi connectivity index (χ1) is 11.3. The van der Waals surface area contributed by atoms with Crippen LogP contribution < -0.4 is 4.74 Å². The van der Waals surface area contributed by atoms with E-state index in [2.05, 4.69) is 0 Å². The van der Waals surface area contributed by atoms with Gasteiger partial charge >= 0.3 is 0 Å². The van der Waals surface area contributed by atoms with Gasteiger partial charge in [0.25, 0.3) is 5.69 Å². The molecule has 0 fully saturated rings. The van der Waals surface area contributed by atoms with Crippen LogP contribution in [0.2, 0.25) is 0 Å². The molecule has 24 heavy (non-hydrogen) atoms. The molecule has 1 heterocycles. The van der Waals surface area contributed by atoms with Gasteiger partial charge in [0.1, 0.15) is 22.8 Å². The van der Waals surface area contributed by atoms with Crippen LogP contribution in [0, 0.1) is 24.0 Å². The minimum absolute atomic E-state index is 0.0101. The van der Waals surface area contributed by atoms with Gasteiger partial charge in [0, 0.05) is 23.3 Å². The molecular formula is C17H13NO6. The third kappa shape index (κ3) is 2.26. The van der Waals surface area contributed by atoms with Crippen molar-refractivity contribution in [3.8, 4) is 17.2 Å². The zero-order valence-corrected chi connectivity index (χ0v) is 12.9. The van der Waals surface area contributed by atoms with Crippen LogP contribution in [-0.2, 0) is 0 Å². The number of Topliss-reactive ketones (excluding diaryl/α,β-unsaturated/α-hetero) is 1. The summed E-state index contributed by atoms with van der Waals surface area (Å²) < 4.78 is 5.51. The van der Waals surface area contributed by atoms with E-state index in [0.717, 1.165) is 0 Å². The number of ether oxygens (including phenoxy) is 1. The van der Waals surface area contributed by atoms with Gasteiger partial charge in [-0.2, -0.15) is 0 Å². The van der Waals surface area contributed by atoms with Crippen LogP contribution in [0.1, 0.15) is 27.0 Å². The molecule has 7 heteroatoms. The maximum atomic E-state index is 12.5. The smallest absolute Gasteiger partial charge is 0.269 e. The Morgan fingerprint density at radius 2 is 1.71 bits per heavy atom. The number of nitro groups is 1. The number of allylic oxidation sites excluding steroid dienone is 1. The van der Waals surface area contributed by atoms with Gasteiger partial charge in [-0.15, -0.1) is 0 Å². The molecule has 1 aliphatic heterocycles. The lowest BCUT2D eigenvalue weighted by Crippen LogP contribution is -1.99. The third-order valence-corrected chi connectivity index (χ3v) is 3.93. The van der Waals surface area contributed by atoms with Crippen molar-refractivity contribution in [1.29, 1.82) is 0 Å². The lowest BCUT2D eigenvalue weighted by Gasteiger charge is -2.09. The van der Waals surface area contributed by atoms with Crippen molar-refractivity contribution in [3.63, 3.8) is 0 Å². The van der Waals surface area contributed by atoms with Crippen molar-refractivity contribution in [2.45, 2.75) is 13.8 Å². The van der Waals surface area contributed by atoms with Gasteiger partial charge in [-0.3, -0.25) is 14.9 Å². The molecule has 0 atom stereocenters. The summed E-state index contributed by atoms with van der Waals surface area (Å²) in [5.74, 6) is -0.857. The van der Waals surface area contributed by atoms with E-state index in [0.29, 0.717) is 11.1 Å². The molecule has 2 aromatic rings. The van der Waals surface area contributed by atoms with E-state index in [1.54, 1.807) is 6.92 Å². The highest BCUT2D eigenvalue weighted by Crippen LogP contribution is 2.46. The summed E-state index contributed by atoms with van der Waals surface area (Å²) in [6, 6.07) is 5.61. The molecule has 0 bridgehead atoms. The van der Waals surface area contributed by atoms with Crippen LogP contribution >= 0.6 is 0 Å². The van der Waals surface area contributed by atoms with Gasteiger partial charge in [-0.05, 0) is 37.6 Å². The first kappa shape index (κ1) is 15.5. The minimum atomic E-state index is -0.517. The topological polar surface area (TPSA) is 110 Å². The Balaban J connectivity index is 2.03. The number of hydrogen-bond donors (Lipinski definition) is 2. The zero-order chi connectivity index (χ0) is 17.6. The molecule has 2 N–H and O–H groups in total. The molecule has 0 radical (unpaired) electrons. The molecule has 7 nitrogen and oxygen atoms in total. The normalized spacial score (nSPS) is 14.6. The SMILES string of the molecule is Cc1c(O)c(C)c2c(c1O)C(=O)C(=Cc1ccc([N+](=O)[O-])cc1)O2. The first-order valence-electron chi connectivity index (χ1n) is 7.05. The molecule has 0 aromatic heterocycles. The molecular weight excluding hydrogens is 314 g/mol. The van der Waals surface area contributed by atoms with Crippen LogP contribution in [0.4, 0.5) is 5.69 Å². The summed E-state index contributed by atoms with van der Waals surface area (Å²) in [5.41, 5.74) is 1.06. The molecule has 2 aromatic carbocycles. The Labute approximate surface area is 136 Å². The fraction of sp³-hybridized carbons (Fsp3) is 0.118. The number of nitro benzene ring substituents is 1. The highest BCUT2D eigenvalue weighted by molar-refractivity contribution is 6.16. The van der Waals surface area contributed by atoms with Gasteiger partial charge in [0.05, 0.1) is 4.92 Å². The summed E-state index contributed by atoms with van der Waals surface area (Å²) >= 11 is 0. The quantitative estimate of drug-likeness (QED) is 0.498. The van der Waals surface area contributed by atoms with Crippen molar-refractivity contribution < 1.29 is 24.7 Å².